The molecule has 5 nitrogen and oxygen atoms in total. The van der Waals surface area contributed by atoms with Crippen LogP contribution >= 0.6 is 0 Å². The molecule has 0 saturated heterocycles. The first-order chi connectivity index (χ1) is 9.11. The molecule has 1 aromatic heterocycles. The Bertz CT molecular complexity index is 564. The minimum Gasteiger partial charge on any atom is -0.467 e. The van der Waals surface area contributed by atoms with Crippen molar-refractivity contribution < 1.29 is 9.21 Å². The van der Waals surface area contributed by atoms with Crippen molar-refractivity contribution in [3.05, 3.63) is 47.9 Å². The fourth-order valence-corrected chi connectivity index (χ4v) is 1.91. The van der Waals surface area contributed by atoms with Crippen molar-refractivity contribution in [1.29, 1.82) is 0 Å². The van der Waals surface area contributed by atoms with E-state index in [0.29, 0.717) is 17.8 Å². The molecule has 0 aliphatic rings. The third-order valence-electron chi connectivity index (χ3n) is 2.88. The highest BCUT2D eigenvalue weighted by Crippen LogP contribution is 2.24. The third kappa shape index (κ3) is 2.88. The summed E-state index contributed by atoms with van der Waals surface area (Å²) in [7, 11) is 3.50. The lowest BCUT2D eigenvalue weighted by Crippen LogP contribution is -2.24. The largest absolute Gasteiger partial charge is 0.467 e. The summed E-state index contributed by atoms with van der Waals surface area (Å²) in [6.07, 6.45) is 1.63. The number of hydrogen-bond acceptors (Lipinski definition) is 4. The standard InChI is InChI=1S/C14H17N3O2/c1-16-14(18)12-6-5-10(15)8-13(12)17(2)9-11-4-3-7-19-11/h3-8H,9,15H2,1-2H3,(H,16,18). The highest BCUT2D eigenvalue weighted by Gasteiger charge is 2.14. The molecule has 19 heavy (non-hydrogen) atoms. The average molecular weight is 259 g/mol. The van der Waals surface area contributed by atoms with Gasteiger partial charge in [0.05, 0.1) is 24.1 Å². The monoisotopic (exact) mass is 259 g/mol. The smallest absolute Gasteiger partial charge is 0.253 e. The molecule has 0 radical (unpaired) electrons. The van der Waals surface area contributed by atoms with Crippen LogP contribution in [0.5, 0.6) is 0 Å². The van der Waals surface area contributed by atoms with Crippen molar-refractivity contribution in [3.63, 3.8) is 0 Å². The van der Waals surface area contributed by atoms with E-state index in [1.165, 1.54) is 0 Å². The van der Waals surface area contributed by atoms with Crippen LogP contribution in [0, 0.1) is 0 Å². The van der Waals surface area contributed by atoms with Crippen LogP contribution < -0.4 is 16.0 Å². The van der Waals surface area contributed by atoms with Crippen LogP contribution in [0.3, 0.4) is 0 Å². The van der Waals surface area contributed by atoms with Gasteiger partial charge in [-0.15, -0.1) is 0 Å². The lowest BCUT2D eigenvalue weighted by Gasteiger charge is -2.21. The first-order valence-corrected chi connectivity index (χ1v) is 5.97. The molecule has 0 aliphatic carbocycles. The number of benzene rings is 1. The van der Waals surface area contributed by atoms with E-state index >= 15 is 0 Å². The number of hydrogen-bond donors (Lipinski definition) is 2. The predicted octanol–water partition coefficient (Wildman–Crippen LogP) is 1.86. The van der Waals surface area contributed by atoms with E-state index < -0.39 is 0 Å². The fourth-order valence-electron chi connectivity index (χ4n) is 1.91. The molecular weight excluding hydrogens is 242 g/mol. The van der Waals surface area contributed by atoms with Crippen LogP contribution in [-0.4, -0.2) is 20.0 Å². The molecule has 2 rings (SSSR count). The van der Waals surface area contributed by atoms with Crippen LogP contribution in [0.4, 0.5) is 11.4 Å². The molecule has 0 fully saturated rings. The van der Waals surface area contributed by atoms with Crippen LogP contribution in [0.15, 0.2) is 41.0 Å². The molecule has 0 atom stereocenters. The van der Waals surface area contributed by atoms with Gasteiger partial charge in [-0.1, -0.05) is 0 Å². The van der Waals surface area contributed by atoms with Crippen molar-refractivity contribution in [2.75, 3.05) is 24.7 Å². The minimum absolute atomic E-state index is 0.138. The molecule has 2 aromatic rings. The number of anilines is 2. The van der Waals surface area contributed by atoms with E-state index in [-0.39, 0.29) is 5.91 Å². The van der Waals surface area contributed by atoms with Gasteiger partial charge in [0.1, 0.15) is 5.76 Å². The van der Waals surface area contributed by atoms with Gasteiger partial charge in [0, 0.05) is 19.8 Å². The quantitative estimate of drug-likeness (QED) is 0.822. The first kappa shape index (κ1) is 13.0. The number of nitrogen functional groups attached to an aromatic ring is 1. The normalized spacial score (nSPS) is 10.2. The van der Waals surface area contributed by atoms with Gasteiger partial charge >= 0.3 is 0 Å². The van der Waals surface area contributed by atoms with Gasteiger partial charge in [-0.05, 0) is 30.3 Å². The van der Waals surface area contributed by atoms with Crippen LogP contribution in [0.1, 0.15) is 16.1 Å². The van der Waals surface area contributed by atoms with E-state index in [0.717, 1.165) is 11.4 Å². The molecule has 0 saturated carbocycles. The Morgan fingerprint density at radius 3 is 2.84 bits per heavy atom. The maximum absolute atomic E-state index is 11.9. The number of carbonyl (C=O) groups excluding carboxylic acids is 1. The van der Waals surface area contributed by atoms with Crippen LogP contribution in [0.2, 0.25) is 0 Å². The Hall–Kier alpha value is -2.43. The summed E-state index contributed by atoms with van der Waals surface area (Å²) >= 11 is 0. The first-order valence-electron chi connectivity index (χ1n) is 5.97. The van der Waals surface area contributed by atoms with Crippen molar-refractivity contribution in [2.45, 2.75) is 6.54 Å². The third-order valence-corrected chi connectivity index (χ3v) is 2.88. The molecular formula is C14H17N3O2. The van der Waals surface area contributed by atoms with Crippen molar-refractivity contribution in [3.8, 4) is 0 Å². The number of nitrogens with one attached hydrogen (secondary N) is 1. The summed E-state index contributed by atoms with van der Waals surface area (Å²) < 4.78 is 5.31. The second-order valence-corrected chi connectivity index (χ2v) is 4.29. The Balaban J connectivity index is 2.31. The number of nitrogens with zero attached hydrogens (tertiary/aromatic N) is 1. The molecule has 0 bridgehead atoms. The predicted molar refractivity (Wildman–Crippen MR) is 75.1 cm³/mol. The van der Waals surface area contributed by atoms with Gasteiger partial charge in [0.25, 0.3) is 5.91 Å². The average Bonchev–Trinajstić information content (AvgIpc) is 2.90. The van der Waals surface area contributed by atoms with Gasteiger partial charge in [-0.2, -0.15) is 0 Å². The summed E-state index contributed by atoms with van der Waals surface area (Å²) in [6.45, 7) is 0.570. The van der Waals surface area contributed by atoms with Crippen molar-refractivity contribution in [2.24, 2.45) is 0 Å². The van der Waals surface area contributed by atoms with Crippen molar-refractivity contribution >= 4 is 17.3 Å². The second kappa shape index (κ2) is 5.48. The summed E-state index contributed by atoms with van der Waals surface area (Å²) in [6, 6.07) is 8.95. The Morgan fingerprint density at radius 2 is 2.21 bits per heavy atom. The van der Waals surface area contributed by atoms with E-state index in [4.69, 9.17) is 10.2 Å². The minimum atomic E-state index is -0.138. The van der Waals surface area contributed by atoms with Gasteiger partial charge in [0.2, 0.25) is 0 Å². The number of rotatable bonds is 4. The SMILES string of the molecule is CNC(=O)c1ccc(N)cc1N(C)Cc1ccco1. The van der Waals surface area contributed by atoms with Crippen LogP contribution in [-0.2, 0) is 6.54 Å². The molecule has 5 heteroatoms. The molecule has 0 aliphatic heterocycles. The molecule has 100 valence electrons. The Kier molecular flexibility index (Phi) is 3.75. The molecule has 1 aromatic carbocycles. The van der Waals surface area contributed by atoms with Gasteiger partial charge in [-0.3, -0.25) is 4.79 Å². The van der Waals surface area contributed by atoms with Gasteiger partial charge < -0.3 is 20.4 Å². The summed E-state index contributed by atoms with van der Waals surface area (Å²) in [5.41, 5.74) is 7.78. The zero-order chi connectivity index (χ0) is 13.8. The Morgan fingerprint density at radius 1 is 1.42 bits per heavy atom. The summed E-state index contributed by atoms with van der Waals surface area (Å²) in [4.78, 5) is 13.8. The Labute approximate surface area is 112 Å². The summed E-state index contributed by atoms with van der Waals surface area (Å²) in [5, 5.41) is 2.63. The topological polar surface area (TPSA) is 71.5 Å². The van der Waals surface area contributed by atoms with E-state index in [1.54, 1.807) is 31.5 Å². The zero-order valence-electron chi connectivity index (χ0n) is 11.0. The number of furan rings is 1. The highest BCUT2D eigenvalue weighted by molar-refractivity contribution is 6.00. The molecule has 0 spiro atoms. The van der Waals surface area contributed by atoms with E-state index in [1.807, 2.05) is 24.1 Å². The molecule has 1 heterocycles. The lowest BCUT2D eigenvalue weighted by atomic mass is 10.1. The van der Waals surface area contributed by atoms with E-state index in [9.17, 15) is 4.79 Å². The number of amides is 1. The second-order valence-electron chi connectivity index (χ2n) is 4.29. The van der Waals surface area contributed by atoms with E-state index in [2.05, 4.69) is 5.32 Å². The van der Waals surface area contributed by atoms with Crippen molar-refractivity contribution in [1.82, 2.24) is 5.32 Å². The molecule has 1 amide bonds. The van der Waals surface area contributed by atoms with Gasteiger partial charge in [0.15, 0.2) is 0 Å². The highest BCUT2D eigenvalue weighted by atomic mass is 16.3. The zero-order valence-corrected chi connectivity index (χ0v) is 11.0. The number of carbonyl (C=O) groups is 1. The molecule has 3 N–H and O–H groups in total. The lowest BCUT2D eigenvalue weighted by molar-refractivity contribution is 0.0963. The summed E-state index contributed by atoms with van der Waals surface area (Å²) in [5.74, 6) is 0.689. The maximum atomic E-state index is 11.9. The number of nitrogens with two attached hydrogens (primary N) is 1. The molecule has 0 unspecified atom stereocenters. The van der Waals surface area contributed by atoms with Gasteiger partial charge in [-0.25, -0.2) is 0 Å². The van der Waals surface area contributed by atoms with Crippen LogP contribution in [0.25, 0.3) is 0 Å². The maximum Gasteiger partial charge on any atom is 0.253 e. The fraction of sp³-hybridized carbons (Fsp3) is 0.214.